The molecule has 0 N–H and O–H groups in total. The molecule has 2 aromatic carbocycles. The number of esters is 1. The van der Waals surface area contributed by atoms with Crippen molar-refractivity contribution in [2.75, 3.05) is 21.2 Å². The summed E-state index contributed by atoms with van der Waals surface area (Å²) in [7, 11) is 0.826. The number of sulfonamides is 1. The highest BCUT2D eigenvalue weighted by atomic mass is 32.2. The van der Waals surface area contributed by atoms with Gasteiger partial charge < -0.3 is 9.47 Å². The van der Waals surface area contributed by atoms with Crippen LogP contribution < -0.4 is 4.74 Å². The Morgan fingerprint density at radius 1 is 1.11 bits per heavy atom. The number of methoxy groups -OCH3 is 1. The van der Waals surface area contributed by atoms with Gasteiger partial charge in [0.1, 0.15) is 5.75 Å². The third-order valence-corrected chi connectivity index (χ3v) is 5.72. The lowest BCUT2D eigenvalue weighted by Crippen LogP contribution is -2.22. The molecule has 0 radical (unpaired) electrons. The highest BCUT2D eigenvalue weighted by Gasteiger charge is 2.26. The lowest BCUT2D eigenvalue weighted by molar-refractivity contribution is -0.129. The second-order valence-corrected chi connectivity index (χ2v) is 8.05. The molecule has 1 aliphatic heterocycles. The molecule has 0 saturated heterocycles. The van der Waals surface area contributed by atoms with E-state index in [4.69, 9.17) is 9.47 Å². The number of ether oxygens (including phenoxy) is 2. The van der Waals surface area contributed by atoms with E-state index in [2.05, 4.69) is 4.99 Å². The van der Waals surface area contributed by atoms with Crippen molar-refractivity contribution in [3.8, 4) is 5.75 Å². The maximum absolute atomic E-state index is 12.3. The highest BCUT2D eigenvalue weighted by Crippen LogP contribution is 2.25. The summed E-state index contributed by atoms with van der Waals surface area (Å²) in [5.41, 5.74) is 1.19. The van der Waals surface area contributed by atoms with Crippen molar-refractivity contribution in [3.63, 3.8) is 0 Å². The van der Waals surface area contributed by atoms with Gasteiger partial charge in [0, 0.05) is 25.2 Å². The van der Waals surface area contributed by atoms with Crippen molar-refractivity contribution in [2.45, 2.75) is 4.90 Å². The number of benzene rings is 2. The molecular weight excluding hydrogens is 368 g/mol. The van der Waals surface area contributed by atoms with Gasteiger partial charge in [0.15, 0.2) is 5.70 Å². The summed E-state index contributed by atoms with van der Waals surface area (Å²) in [5, 5.41) is 0. The molecule has 3 rings (SSSR count). The molecule has 1 aliphatic rings. The topological polar surface area (TPSA) is 85.3 Å². The number of carbonyl (C=O) groups excluding carboxylic acids is 1. The van der Waals surface area contributed by atoms with E-state index in [1.807, 2.05) is 12.1 Å². The predicted molar refractivity (Wildman–Crippen MR) is 101 cm³/mol. The van der Waals surface area contributed by atoms with Crippen LogP contribution in [-0.2, 0) is 19.6 Å². The number of cyclic esters (lactones) is 1. The van der Waals surface area contributed by atoms with Crippen LogP contribution in [0.3, 0.4) is 0 Å². The number of hydrogen-bond donors (Lipinski definition) is 0. The Kier molecular flexibility index (Phi) is 5.11. The summed E-state index contributed by atoms with van der Waals surface area (Å²) in [4.78, 5) is 16.5. The highest BCUT2D eigenvalue weighted by molar-refractivity contribution is 7.89. The fraction of sp³-hybridized carbons (Fsp3) is 0.158. The third kappa shape index (κ3) is 3.76. The van der Waals surface area contributed by atoms with Gasteiger partial charge in [0.05, 0.1) is 12.0 Å². The quantitative estimate of drug-likeness (QED) is 0.581. The molecule has 1 heterocycles. The van der Waals surface area contributed by atoms with Crippen molar-refractivity contribution in [1.29, 1.82) is 0 Å². The predicted octanol–water partition coefficient (Wildman–Crippen LogP) is 2.29. The number of nitrogens with zero attached hydrogens (tertiary/aromatic N) is 2. The number of carbonyl (C=O) groups is 1. The molecule has 27 heavy (non-hydrogen) atoms. The van der Waals surface area contributed by atoms with E-state index in [1.54, 1.807) is 30.3 Å². The minimum Gasteiger partial charge on any atom is -0.496 e. The Labute approximate surface area is 157 Å². The molecule has 0 aliphatic carbocycles. The van der Waals surface area contributed by atoms with E-state index in [9.17, 15) is 13.2 Å². The molecular formula is C19H18N2O5S. The first-order valence-corrected chi connectivity index (χ1v) is 9.45. The maximum atomic E-state index is 12.3. The van der Waals surface area contributed by atoms with Crippen molar-refractivity contribution in [3.05, 3.63) is 65.4 Å². The first-order chi connectivity index (χ1) is 12.8. The van der Waals surface area contributed by atoms with Gasteiger partial charge in [-0.25, -0.2) is 22.5 Å². The molecule has 8 heteroatoms. The van der Waals surface area contributed by atoms with Crippen LogP contribution in [0.2, 0.25) is 0 Å². The summed E-state index contributed by atoms with van der Waals surface area (Å²) in [6, 6.07) is 13.3. The normalized spacial score (nSPS) is 15.8. The van der Waals surface area contributed by atoms with Gasteiger partial charge in [-0.15, -0.1) is 0 Å². The van der Waals surface area contributed by atoms with Crippen LogP contribution in [0.25, 0.3) is 6.08 Å². The van der Waals surface area contributed by atoms with E-state index in [0.29, 0.717) is 16.9 Å². The van der Waals surface area contributed by atoms with Crippen LogP contribution in [0.1, 0.15) is 11.1 Å². The van der Waals surface area contributed by atoms with Gasteiger partial charge in [-0.3, -0.25) is 0 Å². The molecule has 0 unspecified atom stereocenters. The smallest absolute Gasteiger partial charge is 0.363 e. The molecule has 0 saturated carbocycles. The summed E-state index contributed by atoms with van der Waals surface area (Å²) < 4.78 is 36.2. The van der Waals surface area contributed by atoms with Crippen molar-refractivity contribution < 1.29 is 22.7 Å². The van der Waals surface area contributed by atoms with Gasteiger partial charge in [0.25, 0.3) is 0 Å². The second kappa shape index (κ2) is 7.34. The van der Waals surface area contributed by atoms with Crippen LogP contribution in [0, 0.1) is 0 Å². The SMILES string of the molecule is COc1ccccc1C=C1N=C(c2cccc(S(=O)(=O)N(C)C)c2)OC1=O. The molecule has 0 fully saturated rings. The Hall–Kier alpha value is -2.97. The van der Waals surface area contributed by atoms with Gasteiger partial charge in [0.2, 0.25) is 15.9 Å². The minimum absolute atomic E-state index is 0.0527. The van der Waals surface area contributed by atoms with E-state index >= 15 is 0 Å². The fourth-order valence-electron chi connectivity index (χ4n) is 2.47. The molecule has 0 bridgehead atoms. The Morgan fingerprint density at radius 2 is 1.85 bits per heavy atom. The van der Waals surface area contributed by atoms with Crippen LogP contribution in [0.15, 0.2) is 64.1 Å². The first kappa shape index (κ1) is 18.8. The second-order valence-electron chi connectivity index (χ2n) is 5.89. The Balaban J connectivity index is 1.99. The zero-order valence-electron chi connectivity index (χ0n) is 15.0. The van der Waals surface area contributed by atoms with Crippen molar-refractivity contribution >= 4 is 28.0 Å². The molecule has 7 nitrogen and oxygen atoms in total. The van der Waals surface area contributed by atoms with E-state index in [1.165, 1.54) is 33.3 Å². The molecule has 2 aromatic rings. The lowest BCUT2D eigenvalue weighted by Gasteiger charge is -2.11. The number of rotatable bonds is 5. The summed E-state index contributed by atoms with van der Waals surface area (Å²) in [6.07, 6.45) is 1.56. The van der Waals surface area contributed by atoms with Crippen LogP contribution >= 0.6 is 0 Å². The van der Waals surface area contributed by atoms with Crippen molar-refractivity contribution in [2.24, 2.45) is 4.99 Å². The average Bonchev–Trinajstić information content (AvgIpc) is 3.03. The largest absolute Gasteiger partial charge is 0.496 e. The number of aliphatic imine (C=N–C) groups is 1. The number of hydrogen-bond acceptors (Lipinski definition) is 6. The molecule has 0 spiro atoms. The zero-order valence-corrected chi connectivity index (χ0v) is 15.9. The minimum atomic E-state index is -3.61. The summed E-state index contributed by atoms with van der Waals surface area (Å²) >= 11 is 0. The monoisotopic (exact) mass is 386 g/mol. The van der Waals surface area contributed by atoms with Crippen LogP contribution in [0.5, 0.6) is 5.75 Å². The van der Waals surface area contributed by atoms with Crippen LogP contribution in [0.4, 0.5) is 0 Å². The maximum Gasteiger partial charge on any atom is 0.363 e. The first-order valence-electron chi connectivity index (χ1n) is 8.01. The number of para-hydroxylation sites is 1. The lowest BCUT2D eigenvalue weighted by atomic mass is 10.1. The summed E-state index contributed by atoms with van der Waals surface area (Å²) in [5.74, 6) is 0.0363. The summed E-state index contributed by atoms with van der Waals surface area (Å²) in [6.45, 7) is 0. The molecule has 0 amide bonds. The van der Waals surface area contributed by atoms with Crippen molar-refractivity contribution in [1.82, 2.24) is 4.31 Å². The zero-order chi connectivity index (χ0) is 19.6. The third-order valence-electron chi connectivity index (χ3n) is 3.91. The standard InChI is InChI=1S/C19H18N2O5S/c1-21(2)27(23,24)15-9-6-8-14(11-15)18-20-16(19(22)26-18)12-13-7-4-5-10-17(13)25-3/h4-12H,1-3H3. The van der Waals surface area contributed by atoms with Gasteiger partial charge in [-0.05, 0) is 30.3 Å². The van der Waals surface area contributed by atoms with Gasteiger partial charge in [-0.1, -0.05) is 24.3 Å². The average molecular weight is 386 g/mol. The van der Waals surface area contributed by atoms with E-state index in [0.717, 1.165) is 4.31 Å². The molecule has 0 aromatic heterocycles. The molecule has 140 valence electrons. The van der Waals surface area contributed by atoms with E-state index < -0.39 is 16.0 Å². The Morgan fingerprint density at radius 3 is 2.56 bits per heavy atom. The van der Waals surface area contributed by atoms with E-state index in [-0.39, 0.29) is 16.5 Å². The Bertz CT molecular complexity index is 1060. The van der Waals surface area contributed by atoms with Gasteiger partial charge >= 0.3 is 5.97 Å². The molecule has 0 atom stereocenters. The van der Waals surface area contributed by atoms with Gasteiger partial charge in [-0.2, -0.15) is 0 Å². The fourth-order valence-corrected chi connectivity index (χ4v) is 3.41. The van der Waals surface area contributed by atoms with Crippen LogP contribution in [-0.4, -0.2) is 45.8 Å².